The maximum absolute atomic E-state index is 13.1. The van der Waals surface area contributed by atoms with Crippen molar-refractivity contribution in [3.05, 3.63) is 39.9 Å². The normalized spacial score (nSPS) is 18.2. The van der Waals surface area contributed by atoms with Gasteiger partial charge in [0.2, 0.25) is 0 Å². The third-order valence-corrected chi connectivity index (χ3v) is 6.82. The molecule has 2 atom stereocenters. The molecule has 1 saturated heterocycles. The number of aliphatic hydroxyl groups is 1. The Morgan fingerprint density at radius 1 is 1.22 bits per heavy atom. The molecule has 4 heterocycles. The van der Waals surface area contributed by atoms with E-state index >= 15 is 0 Å². The van der Waals surface area contributed by atoms with Crippen LogP contribution in [0, 0.1) is 0 Å². The summed E-state index contributed by atoms with van der Waals surface area (Å²) in [6.45, 7) is 5.57. The van der Waals surface area contributed by atoms with Crippen molar-refractivity contribution in [1.29, 1.82) is 0 Å². The quantitative estimate of drug-likeness (QED) is 0.409. The molecule has 194 valence electrons. The number of pyridine rings is 1. The van der Waals surface area contributed by atoms with E-state index in [-0.39, 0.29) is 24.3 Å². The molecule has 0 aliphatic carbocycles. The number of fused-ring (bicyclic) bond motifs is 2. The molecule has 2 aliphatic heterocycles. The number of nitrogens with one attached hydrogen (secondary N) is 1. The highest BCUT2D eigenvalue weighted by molar-refractivity contribution is 5.83. The van der Waals surface area contributed by atoms with Crippen LogP contribution in [0.15, 0.2) is 23.0 Å². The summed E-state index contributed by atoms with van der Waals surface area (Å²) in [5.74, 6) is 2.09. The van der Waals surface area contributed by atoms with E-state index in [1.807, 2.05) is 22.9 Å². The Labute approximate surface area is 209 Å². The Morgan fingerprint density at radius 2 is 2.06 bits per heavy atom. The van der Waals surface area contributed by atoms with Gasteiger partial charge < -0.3 is 24.3 Å². The van der Waals surface area contributed by atoms with E-state index in [1.54, 1.807) is 0 Å². The van der Waals surface area contributed by atoms with E-state index in [9.17, 15) is 9.90 Å². The number of hydrogen-bond acceptors (Lipinski definition) is 9. The summed E-state index contributed by atoms with van der Waals surface area (Å²) >= 11 is 0. The first-order valence-corrected chi connectivity index (χ1v) is 12.8. The van der Waals surface area contributed by atoms with E-state index in [0.29, 0.717) is 61.8 Å². The zero-order valence-electron chi connectivity index (χ0n) is 20.7. The van der Waals surface area contributed by atoms with E-state index < -0.39 is 0 Å². The van der Waals surface area contributed by atoms with Crippen molar-refractivity contribution < 1.29 is 19.3 Å². The van der Waals surface area contributed by atoms with Crippen LogP contribution in [-0.4, -0.2) is 74.3 Å². The summed E-state index contributed by atoms with van der Waals surface area (Å²) in [5, 5.41) is 23.1. The van der Waals surface area contributed by atoms with Gasteiger partial charge in [-0.05, 0) is 48.2 Å². The molecule has 3 aromatic rings. The molecule has 0 bridgehead atoms. The van der Waals surface area contributed by atoms with Crippen LogP contribution >= 0.6 is 0 Å². The molecule has 2 aromatic heterocycles. The standard InChI is InChI=1S/C25H34N6O5/c1-2-5-21(24-27-28-29-31(24)16-19-6-3-9-34-19)30(7-4-8-32)15-18-12-17-13-22-23(36-11-10-35-22)14-20(17)26-25(18)33/h12-14,19,21,32H,2-11,15-16H2,1H3,(H,26,33)/t19-,21-/m1/s1. The fourth-order valence-electron chi connectivity index (χ4n) is 5.05. The van der Waals surface area contributed by atoms with Gasteiger partial charge in [-0.2, -0.15) is 0 Å². The van der Waals surface area contributed by atoms with Gasteiger partial charge in [-0.3, -0.25) is 9.69 Å². The summed E-state index contributed by atoms with van der Waals surface area (Å²) < 4.78 is 19.0. The van der Waals surface area contributed by atoms with Gasteiger partial charge in [-0.25, -0.2) is 4.68 Å². The summed E-state index contributed by atoms with van der Waals surface area (Å²) in [4.78, 5) is 18.3. The number of benzene rings is 1. The molecule has 0 radical (unpaired) electrons. The lowest BCUT2D eigenvalue weighted by molar-refractivity contribution is 0.0885. The molecule has 0 amide bonds. The van der Waals surface area contributed by atoms with Crippen molar-refractivity contribution in [1.82, 2.24) is 30.1 Å². The highest BCUT2D eigenvalue weighted by Crippen LogP contribution is 2.34. The van der Waals surface area contributed by atoms with Crippen LogP contribution in [0.5, 0.6) is 11.5 Å². The first-order valence-electron chi connectivity index (χ1n) is 12.8. The minimum absolute atomic E-state index is 0.0632. The Morgan fingerprint density at radius 3 is 2.81 bits per heavy atom. The Hall–Kier alpha value is -3.02. The van der Waals surface area contributed by atoms with Gasteiger partial charge in [0.05, 0.1) is 24.2 Å². The largest absolute Gasteiger partial charge is 0.486 e. The lowest BCUT2D eigenvalue weighted by atomic mass is 10.1. The average Bonchev–Trinajstić information content (AvgIpc) is 3.57. The molecule has 0 unspecified atom stereocenters. The van der Waals surface area contributed by atoms with Crippen LogP contribution in [0.2, 0.25) is 0 Å². The predicted molar refractivity (Wildman–Crippen MR) is 132 cm³/mol. The second kappa shape index (κ2) is 11.4. The number of H-pyrrole nitrogens is 1. The summed E-state index contributed by atoms with van der Waals surface area (Å²) in [5.41, 5.74) is 1.19. The maximum Gasteiger partial charge on any atom is 0.252 e. The van der Waals surface area contributed by atoms with Gasteiger partial charge in [0.15, 0.2) is 17.3 Å². The average molecular weight is 499 g/mol. The monoisotopic (exact) mass is 498 g/mol. The zero-order valence-corrected chi connectivity index (χ0v) is 20.7. The molecule has 11 nitrogen and oxygen atoms in total. The SMILES string of the molecule is CCC[C@H](c1nnnn1C[C@H]1CCCO1)N(CCCO)Cc1cc2cc3c(cc2[nH]c1=O)OCCO3. The van der Waals surface area contributed by atoms with Gasteiger partial charge in [0, 0.05) is 43.3 Å². The molecule has 0 spiro atoms. The number of aliphatic hydroxyl groups excluding tert-OH is 1. The Bertz CT molecular complexity index is 1220. The van der Waals surface area contributed by atoms with Crippen LogP contribution in [0.4, 0.5) is 0 Å². The first kappa shape index (κ1) is 24.7. The Kier molecular flexibility index (Phi) is 7.78. The van der Waals surface area contributed by atoms with E-state index in [2.05, 4.69) is 32.3 Å². The number of nitrogens with zero attached hydrogens (tertiary/aromatic N) is 5. The molecule has 2 N–H and O–H groups in total. The highest BCUT2D eigenvalue weighted by atomic mass is 16.6. The third-order valence-electron chi connectivity index (χ3n) is 6.82. The minimum atomic E-state index is -0.151. The van der Waals surface area contributed by atoms with Gasteiger partial charge in [0.1, 0.15) is 13.2 Å². The number of aromatic amines is 1. The number of tetrazole rings is 1. The van der Waals surface area contributed by atoms with Gasteiger partial charge in [-0.1, -0.05) is 13.3 Å². The van der Waals surface area contributed by atoms with Crippen LogP contribution in [0.25, 0.3) is 10.9 Å². The van der Waals surface area contributed by atoms with Crippen molar-refractivity contribution in [3.8, 4) is 11.5 Å². The highest BCUT2D eigenvalue weighted by Gasteiger charge is 2.28. The van der Waals surface area contributed by atoms with Crippen molar-refractivity contribution in [2.75, 3.05) is 33.0 Å². The zero-order chi connectivity index (χ0) is 24.9. The fourth-order valence-corrected chi connectivity index (χ4v) is 5.05. The van der Waals surface area contributed by atoms with Crippen molar-refractivity contribution in [3.63, 3.8) is 0 Å². The minimum Gasteiger partial charge on any atom is -0.486 e. The van der Waals surface area contributed by atoms with Crippen molar-refractivity contribution in [2.45, 2.75) is 64.3 Å². The van der Waals surface area contributed by atoms with E-state index in [0.717, 1.165) is 43.5 Å². The number of rotatable bonds is 11. The smallest absolute Gasteiger partial charge is 0.252 e. The summed E-state index contributed by atoms with van der Waals surface area (Å²) in [6, 6.07) is 5.54. The summed E-state index contributed by atoms with van der Waals surface area (Å²) in [6.07, 6.45) is 4.48. The van der Waals surface area contributed by atoms with Crippen molar-refractivity contribution in [2.24, 2.45) is 0 Å². The van der Waals surface area contributed by atoms with Crippen LogP contribution in [0.3, 0.4) is 0 Å². The van der Waals surface area contributed by atoms with Crippen LogP contribution < -0.4 is 15.0 Å². The molecule has 36 heavy (non-hydrogen) atoms. The van der Waals surface area contributed by atoms with Gasteiger partial charge in [0.25, 0.3) is 5.56 Å². The third kappa shape index (κ3) is 5.37. The summed E-state index contributed by atoms with van der Waals surface area (Å²) in [7, 11) is 0. The van der Waals surface area contributed by atoms with Crippen molar-refractivity contribution >= 4 is 10.9 Å². The topological polar surface area (TPSA) is 128 Å². The van der Waals surface area contributed by atoms with Crippen LogP contribution in [0.1, 0.15) is 56.5 Å². The molecule has 1 fully saturated rings. The fraction of sp³-hybridized carbons (Fsp3) is 0.600. The van der Waals surface area contributed by atoms with Crippen LogP contribution in [-0.2, 0) is 17.8 Å². The lowest BCUT2D eigenvalue weighted by Gasteiger charge is -2.31. The lowest BCUT2D eigenvalue weighted by Crippen LogP contribution is -2.34. The second-order valence-electron chi connectivity index (χ2n) is 9.41. The Balaban J connectivity index is 1.45. The van der Waals surface area contributed by atoms with Gasteiger partial charge in [-0.15, -0.1) is 5.10 Å². The molecule has 0 saturated carbocycles. The van der Waals surface area contributed by atoms with E-state index in [1.165, 1.54) is 0 Å². The number of hydrogen-bond donors (Lipinski definition) is 2. The molecule has 1 aromatic carbocycles. The van der Waals surface area contributed by atoms with E-state index in [4.69, 9.17) is 14.2 Å². The first-order chi connectivity index (χ1) is 17.7. The van der Waals surface area contributed by atoms with Gasteiger partial charge >= 0.3 is 0 Å². The molecular formula is C25H34N6O5. The second-order valence-corrected chi connectivity index (χ2v) is 9.41. The molecular weight excluding hydrogens is 464 g/mol. The number of ether oxygens (including phenoxy) is 3. The predicted octanol–water partition coefficient (Wildman–Crippen LogP) is 2.19. The number of aromatic nitrogens is 5. The molecule has 5 rings (SSSR count). The molecule has 2 aliphatic rings. The molecule has 11 heteroatoms. The maximum atomic E-state index is 13.1.